The fourth-order valence-electron chi connectivity index (χ4n) is 6.36. The number of hydrogen-bond donors (Lipinski definition) is 6. The lowest BCUT2D eigenvalue weighted by Gasteiger charge is -2.26. The number of aliphatic carboxylic acids is 1. The minimum absolute atomic E-state index is 0.105. The van der Waals surface area contributed by atoms with Crippen molar-refractivity contribution >= 4 is 23.9 Å². The van der Waals surface area contributed by atoms with Gasteiger partial charge in [0.15, 0.2) is 0 Å². The van der Waals surface area contributed by atoms with Crippen LogP contribution in [0.25, 0.3) is 0 Å². The van der Waals surface area contributed by atoms with Crippen molar-refractivity contribution in [3.8, 4) is 0 Å². The highest BCUT2D eigenvalue weighted by Crippen LogP contribution is 2.18. The van der Waals surface area contributed by atoms with E-state index < -0.39 is 73.7 Å². The van der Waals surface area contributed by atoms with Crippen molar-refractivity contribution in [1.82, 2.24) is 0 Å². The van der Waals surface area contributed by atoms with Gasteiger partial charge in [0.25, 0.3) is 0 Å². The van der Waals surface area contributed by atoms with Crippen molar-refractivity contribution in [2.45, 2.75) is 230 Å². The number of hydrogen-bond acceptors (Lipinski definition) is 12. The quantitative estimate of drug-likeness (QED) is 0.0214. The molecule has 0 aliphatic carbocycles. The number of aliphatic hydroxyl groups excluding tert-OH is 5. The Hall–Kier alpha value is -2.32. The van der Waals surface area contributed by atoms with Gasteiger partial charge in [0.2, 0.25) is 12.2 Å². The summed E-state index contributed by atoms with van der Waals surface area (Å²) in [6.07, 6.45) is 16.1. The maximum absolute atomic E-state index is 13.1. The van der Waals surface area contributed by atoms with Crippen LogP contribution < -0.4 is 0 Å². The molecule has 0 fully saturated rings. The average Bonchev–Trinajstić information content (AvgIpc) is 3.17. The molecule has 13 nitrogen and oxygen atoms in total. The highest BCUT2D eigenvalue weighted by Gasteiger charge is 2.42. The third kappa shape index (κ3) is 28.7. The Bertz CT molecular complexity index is 962. The van der Waals surface area contributed by atoms with Gasteiger partial charge in [0, 0.05) is 12.8 Å². The predicted molar refractivity (Wildman–Crippen MR) is 210 cm³/mol. The molecule has 0 aromatic rings. The molecule has 6 N–H and O–H groups in total. The summed E-state index contributed by atoms with van der Waals surface area (Å²) in [6, 6.07) is 0. The van der Waals surface area contributed by atoms with Crippen molar-refractivity contribution in [3.05, 3.63) is 0 Å². The lowest BCUT2D eigenvalue weighted by Crippen LogP contribution is -2.49. The van der Waals surface area contributed by atoms with Crippen LogP contribution in [0.4, 0.5) is 0 Å². The molecule has 0 aliphatic rings. The molecule has 0 bridgehead atoms. The first-order valence-electron chi connectivity index (χ1n) is 21.6. The molecular formula is C42H78O13. The third-order valence-corrected chi connectivity index (χ3v) is 9.96. The Kier molecular flexibility index (Phi) is 34.5. The van der Waals surface area contributed by atoms with E-state index in [4.69, 9.17) is 19.3 Å². The highest BCUT2D eigenvalue weighted by atomic mass is 16.6. The first-order valence-corrected chi connectivity index (χ1v) is 21.6. The van der Waals surface area contributed by atoms with E-state index >= 15 is 0 Å². The fourth-order valence-corrected chi connectivity index (χ4v) is 6.36. The molecule has 13 heteroatoms. The van der Waals surface area contributed by atoms with Gasteiger partial charge in [0.05, 0.1) is 6.61 Å². The monoisotopic (exact) mass is 791 g/mol. The summed E-state index contributed by atoms with van der Waals surface area (Å²) >= 11 is 0. The van der Waals surface area contributed by atoms with Crippen LogP contribution in [0.3, 0.4) is 0 Å². The topological polar surface area (TPSA) is 217 Å². The van der Waals surface area contributed by atoms with Gasteiger partial charge in [-0.25, -0.2) is 9.59 Å². The van der Waals surface area contributed by atoms with Crippen LogP contribution in [-0.4, -0.2) is 104 Å². The Labute approximate surface area is 330 Å². The number of ether oxygens (including phenoxy) is 3. The lowest BCUT2D eigenvalue weighted by atomic mass is 10.0. The van der Waals surface area contributed by atoms with Gasteiger partial charge in [-0.1, -0.05) is 168 Å². The zero-order valence-corrected chi connectivity index (χ0v) is 34.2. The molecule has 0 amide bonds. The second kappa shape index (κ2) is 36.0. The normalized spacial score (nSPS) is 14.7. The van der Waals surface area contributed by atoms with Gasteiger partial charge in [-0.15, -0.1) is 0 Å². The molecule has 0 aromatic heterocycles. The summed E-state index contributed by atoms with van der Waals surface area (Å²) in [5.41, 5.74) is 0. The molecule has 55 heavy (non-hydrogen) atoms. The van der Waals surface area contributed by atoms with Gasteiger partial charge in [-0.3, -0.25) is 9.59 Å². The van der Waals surface area contributed by atoms with Gasteiger partial charge in [-0.05, 0) is 12.8 Å². The molecule has 0 heterocycles. The van der Waals surface area contributed by atoms with Crippen LogP contribution in [0.1, 0.15) is 194 Å². The smallest absolute Gasteiger partial charge is 0.352 e. The molecule has 0 aromatic carbocycles. The maximum atomic E-state index is 13.1. The molecule has 0 saturated carbocycles. The van der Waals surface area contributed by atoms with E-state index in [-0.39, 0.29) is 12.8 Å². The Balaban J connectivity index is 4.97. The first kappa shape index (κ1) is 52.7. The number of carbonyl (C=O) groups excluding carboxylic acids is 3. The second-order valence-electron chi connectivity index (χ2n) is 15.1. The largest absolute Gasteiger partial charge is 0.478 e. The molecule has 0 spiro atoms. The average molecular weight is 791 g/mol. The van der Waals surface area contributed by atoms with Crippen molar-refractivity contribution in [1.29, 1.82) is 0 Å². The van der Waals surface area contributed by atoms with Crippen molar-refractivity contribution in [3.63, 3.8) is 0 Å². The van der Waals surface area contributed by atoms with Crippen LogP contribution >= 0.6 is 0 Å². The maximum Gasteiger partial charge on any atom is 0.352 e. The SMILES string of the molecule is CCCCCCCCCCCCCCCC(=O)O[C@@H](C(=O)O)[C@@H](OC(=O)CCCCCCCCCCCCCCC)C(=O)OC[C@@H](O)[C@@H](O)[C@H](O)[C@H](O)CO. The van der Waals surface area contributed by atoms with E-state index in [1.807, 2.05) is 0 Å². The van der Waals surface area contributed by atoms with Crippen LogP contribution in [0.2, 0.25) is 0 Å². The minimum atomic E-state index is -2.23. The van der Waals surface area contributed by atoms with Crippen LogP contribution in [0, 0.1) is 0 Å². The number of aliphatic hydroxyl groups is 5. The number of esters is 3. The summed E-state index contributed by atoms with van der Waals surface area (Å²) in [7, 11) is 0. The molecule has 0 unspecified atom stereocenters. The predicted octanol–water partition coefficient (Wildman–Crippen LogP) is 6.84. The first-order chi connectivity index (χ1) is 26.5. The van der Waals surface area contributed by atoms with E-state index in [1.165, 1.54) is 103 Å². The third-order valence-electron chi connectivity index (χ3n) is 9.96. The molecule has 0 aliphatic heterocycles. The minimum Gasteiger partial charge on any atom is -0.478 e. The van der Waals surface area contributed by atoms with Gasteiger partial charge in [-0.2, -0.15) is 0 Å². The van der Waals surface area contributed by atoms with Gasteiger partial charge >= 0.3 is 23.9 Å². The van der Waals surface area contributed by atoms with E-state index in [9.17, 15) is 44.7 Å². The molecule has 0 radical (unpaired) electrons. The Morgan fingerprint density at radius 3 is 1.09 bits per heavy atom. The Morgan fingerprint density at radius 2 is 0.764 bits per heavy atom. The van der Waals surface area contributed by atoms with Gasteiger partial charge < -0.3 is 44.8 Å². The summed E-state index contributed by atoms with van der Waals surface area (Å²) in [5.74, 6) is -5.00. The molecule has 324 valence electrons. The zero-order valence-electron chi connectivity index (χ0n) is 34.2. The fraction of sp³-hybridized carbons (Fsp3) is 0.905. The van der Waals surface area contributed by atoms with Crippen LogP contribution in [0.5, 0.6) is 0 Å². The molecular weight excluding hydrogens is 712 g/mol. The molecule has 0 saturated heterocycles. The van der Waals surface area contributed by atoms with Crippen molar-refractivity contribution in [2.24, 2.45) is 0 Å². The van der Waals surface area contributed by atoms with E-state index in [0.29, 0.717) is 12.8 Å². The van der Waals surface area contributed by atoms with E-state index in [1.54, 1.807) is 0 Å². The lowest BCUT2D eigenvalue weighted by molar-refractivity contribution is -0.192. The standard InChI is InChI=1S/C42H78O13/c1-3-5-7-9-11-13-15-17-19-21-23-25-27-29-35(46)54-39(41(50)51)40(42(52)53-32-34(45)38(49)37(48)33(44)31-43)55-36(47)30-28-26-24-22-20-18-16-14-12-10-8-6-4-2/h33-34,37-40,43-45,48-49H,3-32H2,1-2H3,(H,50,51)/t33-,34-,37-,38-,39-,40-/m1/s1. The van der Waals surface area contributed by atoms with Crippen molar-refractivity contribution in [2.75, 3.05) is 13.2 Å². The van der Waals surface area contributed by atoms with Crippen LogP contribution in [0.15, 0.2) is 0 Å². The number of carboxylic acid groups (broad SMARTS) is 1. The number of carbonyl (C=O) groups is 4. The highest BCUT2D eigenvalue weighted by molar-refractivity contribution is 5.88. The van der Waals surface area contributed by atoms with Crippen LogP contribution in [-0.2, 0) is 33.4 Å². The number of carboxylic acids is 1. The number of rotatable bonds is 39. The molecule has 0 rings (SSSR count). The zero-order chi connectivity index (χ0) is 41.1. The second-order valence-corrected chi connectivity index (χ2v) is 15.1. The summed E-state index contributed by atoms with van der Waals surface area (Å²) < 4.78 is 15.3. The van der Waals surface area contributed by atoms with E-state index in [0.717, 1.165) is 51.4 Å². The van der Waals surface area contributed by atoms with Crippen molar-refractivity contribution < 1.29 is 64.0 Å². The van der Waals surface area contributed by atoms with Gasteiger partial charge in [0.1, 0.15) is 31.0 Å². The molecule has 6 atom stereocenters. The van der Waals surface area contributed by atoms with E-state index in [2.05, 4.69) is 13.8 Å². The summed E-state index contributed by atoms with van der Waals surface area (Å²) in [6.45, 7) is 2.50. The summed E-state index contributed by atoms with van der Waals surface area (Å²) in [4.78, 5) is 50.8. The Morgan fingerprint density at radius 1 is 0.455 bits per heavy atom. The summed E-state index contributed by atoms with van der Waals surface area (Å²) in [5, 5.41) is 58.5. The number of unbranched alkanes of at least 4 members (excludes halogenated alkanes) is 24.